The zero-order chi connectivity index (χ0) is 25.2. The van der Waals surface area contributed by atoms with Gasteiger partial charge in [0.2, 0.25) is 0 Å². The molecule has 3 rings (SSSR count). The number of piperazine rings is 1. The summed E-state index contributed by atoms with van der Waals surface area (Å²) in [6.07, 6.45) is 0.0191. The zero-order valence-corrected chi connectivity index (χ0v) is 19.7. The minimum atomic E-state index is -1.10. The third-order valence-corrected chi connectivity index (χ3v) is 5.40. The van der Waals surface area contributed by atoms with Crippen molar-refractivity contribution < 1.29 is 24.0 Å². The minimum Gasteiger partial charge on any atom is -0.458 e. The lowest BCUT2D eigenvalue weighted by molar-refractivity contribution is -0.384. The highest BCUT2D eigenvalue weighted by Gasteiger charge is 2.41. The first-order valence-electron chi connectivity index (χ1n) is 10.5. The first kappa shape index (κ1) is 25.0. The molecule has 1 saturated heterocycles. The summed E-state index contributed by atoms with van der Waals surface area (Å²) in [4.78, 5) is 52.0. The highest BCUT2D eigenvalue weighted by Crippen LogP contribution is 2.29. The summed E-state index contributed by atoms with van der Waals surface area (Å²) < 4.78 is 5.51. The number of carbonyl (C=O) groups excluding carboxylic acids is 3. The molecule has 2 N–H and O–H groups in total. The van der Waals surface area contributed by atoms with E-state index in [4.69, 9.17) is 22.1 Å². The number of carbonyl (C=O) groups is 3. The van der Waals surface area contributed by atoms with Gasteiger partial charge in [-0.2, -0.15) is 0 Å². The molecule has 0 radical (unpaired) electrons. The number of rotatable bonds is 6. The zero-order valence-electron chi connectivity index (χ0n) is 19.0. The molecular weight excluding hydrogens is 464 g/mol. The van der Waals surface area contributed by atoms with E-state index in [-0.39, 0.29) is 30.9 Å². The lowest BCUT2D eigenvalue weighted by atomic mass is 10.0. The number of benzene rings is 2. The maximum absolute atomic E-state index is 13.1. The number of amides is 2. The Morgan fingerprint density at radius 3 is 2.38 bits per heavy atom. The normalized spacial score (nSPS) is 15.3. The van der Waals surface area contributed by atoms with E-state index in [1.165, 1.54) is 40.1 Å². The predicted octanol–water partition coefficient (Wildman–Crippen LogP) is 2.96. The number of nitrogens with zero attached hydrogens (tertiary/aromatic N) is 3. The number of anilines is 2. The SMILES string of the molecule is CC(C)(C)OC(=O)C(Cc1ccc([N+](=O)[O-])cc1)N1CCN(c2cc(Cl)ccc2N)C(=O)C1=O. The summed E-state index contributed by atoms with van der Waals surface area (Å²) in [5.74, 6) is -2.41. The van der Waals surface area contributed by atoms with Crippen molar-refractivity contribution >= 4 is 46.4 Å². The van der Waals surface area contributed by atoms with Crippen molar-refractivity contribution in [2.24, 2.45) is 0 Å². The van der Waals surface area contributed by atoms with Crippen molar-refractivity contribution in [3.05, 3.63) is 63.2 Å². The van der Waals surface area contributed by atoms with Gasteiger partial charge in [0.1, 0.15) is 11.6 Å². The third-order valence-electron chi connectivity index (χ3n) is 5.17. The molecule has 180 valence electrons. The van der Waals surface area contributed by atoms with Crippen LogP contribution in [0, 0.1) is 10.1 Å². The molecule has 2 amide bonds. The van der Waals surface area contributed by atoms with Gasteiger partial charge in [-0.1, -0.05) is 23.7 Å². The smallest absolute Gasteiger partial charge is 0.329 e. The number of hydrogen-bond acceptors (Lipinski definition) is 7. The lowest BCUT2D eigenvalue weighted by Crippen LogP contribution is -2.60. The molecule has 2 aromatic carbocycles. The summed E-state index contributed by atoms with van der Waals surface area (Å²) in [5.41, 5.74) is 6.22. The van der Waals surface area contributed by atoms with E-state index in [9.17, 15) is 24.5 Å². The summed E-state index contributed by atoms with van der Waals surface area (Å²) in [6, 6.07) is 9.15. The number of hydrogen-bond donors (Lipinski definition) is 1. The van der Waals surface area contributed by atoms with Crippen LogP contribution in [0.15, 0.2) is 42.5 Å². The van der Waals surface area contributed by atoms with Gasteiger partial charge in [0.25, 0.3) is 5.69 Å². The van der Waals surface area contributed by atoms with Crippen LogP contribution >= 0.6 is 11.6 Å². The molecule has 1 atom stereocenters. The first-order valence-corrected chi connectivity index (χ1v) is 10.9. The molecule has 1 unspecified atom stereocenters. The third kappa shape index (κ3) is 5.63. The molecule has 1 aliphatic rings. The van der Waals surface area contributed by atoms with Crippen LogP contribution in [0.5, 0.6) is 0 Å². The topological polar surface area (TPSA) is 136 Å². The second-order valence-electron chi connectivity index (χ2n) is 8.84. The summed E-state index contributed by atoms with van der Waals surface area (Å²) >= 11 is 6.03. The first-order chi connectivity index (χ1) is 15.9. The van der Waals surface area contributed by atoms with E-state index in [0.29, 0.717) is 16.3 Å². The molecule has 11 heteroatoms. The molecule has 0 saturated carbocycles. The Morgan fingerprint density at radius 2 is 1.79 bits per heavy atom. The summed E-state index contributed by atoms with van der Waals surface area (Å²) in [5, 5.41) is 11.3. The van der Waals surface area contributed by atoms with E-state index in [1.54, 1.807) is 32.9 Å². The molecule has 0 bridgehead atoms. The molecule has 1 heterocycles. The molecule has 0 aromatic heterocycles. The van der Waals surface area contributed by atoms with Crippen LogP contribution in [0.25, 0.3) is 0 Å². The monoisotopic (exact) mass is 488 g/mol. The number of non-ortho nitro benzene ring substituents is 1. The van der Waals surface area contributed by atoms with Gasteiger partial charge in [0, 0.05) is 36.7 Å². The average molecular weight is 489 g/mol. The highest BCUT2D eigenvalue weighted by atomic mass is 35.5. The fourth-order valence-corrected chi connectivity index (χ4v) is 3.76. The molecule has 0 aliphatic carbocycles. The van der Waals surface area contributed by atoms with Crippen molar-refractivity contribution in [1.82, 2.24) is 4.90 Å². The number of nitro benzene ring substituents is 1. The van der Waals surface area contributed by atoms with E-state index in [0.717, 1.165) is 0 Å². The fraction of sp³-hybridized carbons (Fsp3) is 0.348. The van der Waals surface area contributed by atoms with E-state index < -0.39 is 34.3 Å². The second kappa shape index (κ2) is 9.68. The van der Waals surface area contributed by atoms with Gasteiger partial charge < -0.3 is 20.3 Å². The number of nitro groups is 1. The predicted molar refractivity (Wildman–Crippen MR) is 126 cm³/mol. The fourth-order valence-electron chi connectivity index (χ4n) is 3.59. The quantitative estimate of drug-likeness (QED) is 0.217. The maximum atomic E-state index is 13.1. The largest absolute Gasteiger partial charge is 0.458 e. The van der Waals surface area contributed by atoms with Gasteiger partial charge in [-0.15, -0.1) is 0 Å². The Kier molecular flexibility index (Phi) is 7.11. The van der Waals surface area contributed by atoms with Crippen LogP contribution in [-0.4, -0.2) is 52.3 Å². The van der Waals surface area contributed by atoms with Crippen molar-refractivity contribution in [3.8, 4) is 0 Å². The van der Waals surface area contributed by atoms with Gasteiger partial charge in [-0.25, -0.2) is 4.79 Å². The van der Waals surface area contributed by atoms with Crippen LogP contribution in [0.4, 0.5) is 17.1 Å². The molecule has 10 nitrogen and oxygen atoms in total. The Balaban J connectivity index is 1.89. The van der Waals surface area contributed by atoms with Gasteiger partial charge in [0.15, 0.2) is 0 Å². The Labute approximate surface area is 201 Å². The van der Waals surface area contributed by atoms with Crippen molar-refractivity contribution in [3.63, 3.8) is 0 Å². The minimum absolute atomic E-state index is 0.0191. The van der Waals surface area contributed by atoms with Crippen LogP contribution in [0.2, 0.25) is 5.02 Å². The Bertz CT molecular complexity index is 1130. The molecule has 0 spiro atoms. The number of nitrogens with two attached hydrogens (primary N) is 1. The number of nitrogen functional groups attached to an aromatic ring is 1. The van der Waals surface area contributed by atoms with Gasteiger partial charge >= 0.3 is 17.8 Å². The Hall–Kier alpha value is -3.66. The van der Waals surface area contributed by atoms with Crippen molar-refractivity contribution in [2.45, 2.75) is 38.8 Å². The molecule has 1 fully saturated rings. The van der Waals surface area contributed by atoms with Crippen LogP contribution in [-0.2, 0) is 25.5 Å². The number of esters is 1. The van der Waals surface area contributed by atoms with Crippen LogP contribution < -0.4 is 10.6 Å². The van der Waals surface area contributed by atoms with Crippen molar-refractivity contribution in [2.75, 3.05) is 23.7 Å². The summed E-state index contributed by atoms with van der Waals surface area (Å²) in [7, 11) is 0. The van der Waals surface area contributed by atoms with Crippen LogP contribution in [0.1, 0.15) is 26.3 Å². The molecule has 1 aliphatic heterocycles. The average Bonchev–Trinajstić information content (AvgIpc) is 2.75. The molecular formula is C23H25ClN4O6. The number of ether oxygens (including phenoxy) is 1. The number of halogens is 1. The van der Waals surface area contributed by atoms with Gasteiger partial charge in [-0.3, -0.25) is 19.7 Å². The van der Waals surface area contributed by atoms with Gasteiger partial charge in [-0.05, 0) is 44.5 Å². The second-order valence-corrected chi connectivity index (χ2v) is 9.27. The van der Waals surface area contributed by atoms with Crippen molar-refractivity contribution in [1.29, 1.82) is 0 Å². The molecule has 2 aromatic rings. The molecule has 34 heavy (non-hydrogen) atoms. The van der Waals surface area contributed by atoms with Crippen LogP contribution in [0.3, 0.4) is 0 Å². The van der Waals surface area contributed by atoms with E-state index in [1.807, 2.05) is 0 Å². The maximum Gasteiger partial charge on any atom is 0.329 e. The Morgan fingerprint density at radius 1 is 1.15 bits per heavy atom. The van der Waals surface area contributed by atoms with Gasteiger partial charge in [0.05, 0.1) is 16.3 Å². The lowest BCUT2D eigenvalue weighted by Gasteiger charge is -2.38. The summed E-state index contributed by atoms with van der Waals surface area (Å²) in [6.45, 7) is 5.23. The van der Waals surface area contributed by atoms with E-state index in [2.05, 4.69) is 0 Å². The van der Waals surface area contributed by atoms with E-state index >= 15 is 0 Å². The highest BCUT2D eigenvalue weighted by molar-refractivity contribution is 6.41. The standard InChI is InChI=1S/C23H25ClN4O6/c1-23(2,3)34-22(31)19(12-14-4-7-16(8-5-14)28(32)33)27-11-10-26(20(29)21(27)30)18-13-15(24)6-9-17(18)25/h4-9,13,19H,10-12,25H2,1-3H3.